The molecule has 8 nitrogen and oxygen atoms in total. The minimum Gasteiger partial charge on any atom is -0.493 e. The Bertz CT molecular complexity index is 1470. The van der Waals surface area contributed by atoms with Crippen molar-refractivity contribution in [1.82, 2.24) is 19.9 Å². The summed E-state index contributed by atoms with van der Waals surface area (Å²) in [6.07, 6.45) is -1.29. The minimum absolute atomic E-state index is 0.0518. The molecule has 3 aromatic heterocycles. The summed E-state index contributed by atoms with van der Waals surface area (Å²) in [6, 6.07) is 2.00. The SMILES string of the molecule is COc1cc2c(=O)n3c4c(cnc5[nH]cc(c54)C[C@@H]3C(=O)NCC(F)(F)F)c2cc1OC. The van der Waals surface area contributed by atoms with Crippen LogP contribution in [0, 0.1) is 0 Å². The lowest BCUT2D eigenvalue weighted by molar-refractivity contribution is -0.140. The van der Waals surface area contributed by atoms with Crippen molar-refractivity contribution >= 4 is 38.6 Å². The van der Waals surface area contributed by atoms with Crippen LogP contribution in [-0.2, 0) is 11.2 Å². The fraction of sp³-hybridized carbons (Fsp3) is 0.286. The average molecular weight is 446 g/mol. The zero-order chi connectivity index (χ0) is 22.8. The van der Waals surface area contributed by atoms with Gasteiger partial charge in [-0.05, 0) is 17.7 Å². The Morgan fingerprint density at radius 1 is 1.22 bits per heavy atom. The average Bonchev–Trinajstić information content (AvgIpc) is 3.19. The van der Waals surface area contributed by atoms with Gasteiger partial charge in [-0.15, -0.1) is 0 Å². The molecule has 0 radical (unpaired) electrons. The second kappa shape index (κ2) is 6.87. The van der Waals surface area contributed by atoms with E-state index in [1.807, 2.05) is 5.32 Å². The van der Waals surface area contributed by atoms with Crippen molar-refractivity contribution in [1.29, 1.82) is 0 Å². The molecule has 166 valence electrons. The number of ether oxygens (including phenoxy) is 2. The fourth-order valence-electron chi connectivity index (χ4n) is 4.37. The zero-order valence-corrected chi connectivity index (χ0v) is 17.0. The summed E-state index contributed by atoms with van der Waals surface area (Å²) < 4.78 is 50.1. The van der Waals surface area contributed by atoms with Crippen LogP contribution in [0.25, 0.3) is 32.7 Å². The molecule has 0 fully saturated rings. The number of fused-ring (bicyclic) bond motifs is 2. The highest BCUT2D eigenvalue weighted by Crippen LogP contribution is 2.39. The minimum atomic E-state index is -4.57. The predicted octanol–water partition coefficient (Wildman–Crippen LogP) is 2.82. The van der Waals surface area contributed by atoms with Crippen LogP contribution in [0.5, 0.6) is 11.5 Å². The van der Waals surface area contributed by atoms with E-state index >= 15 is 0 Å². The maximum atomic E-state index is 13.6. The number of hydrogen-bond acceptors (Lipinski definition) is 5. The topological polar surface area (TPSA) is 98.2 Å². The molecule has 0 spiro atoms. The molecule has 4 aromatic rings. The third kappa shape index (κ3) is 2.88. The van der Waals surface area contributed by atoms with Gasteiger partial charge in [0.25, 0.3) is 5.56 Å². The number of aromatic amines is 1. The lowest BCUT2D eigenvalue weighted by Gasteiger charge is -2.26. The van der Waals surface area contributed by atoms with E-state index in [0.717, 1.165) is 0 Å². The number of pyridine rings is 2. The number of carbonyl (C=O) groups is 1. The van der Waals surface area contributed by atoms with Gasteiger partial charge >= 0.3 is 6.18 Å². The van der Waals surface area contributed by atoms with Crippen molar-refractivity contribution in [2.24, 2.45) is 0 Å². The van der Waals surface area contributed by atoms with Crippen LogP contribution in [0.1, 0.15) is 11.6 Å². The molecule has 1 aromatic carbocycles. The smallest absolute Gasteiger partial charge is 0.405 e. The molecule has 0 saturated heterocycles. The molecule has 1 aliphatic rings. The summed E-state index contributed by atoms with van der Waals surface area (Å²) in [4.78, 5) is 33.8. The zero-order valence-electron chi connectivity index (χ0n) is 17.0. The molecule has 0 unspecified atom stereocenters. The number of halogens is 3. The molecule has 2 N–H and O–H groups in total. The number of hydrogen-bond donors (Lipinski definition) is 2. The summed E-state index contributed by atoms with van der Waals surface area (Å²) in [5, 5.41) is 3.93. The first-order valence-electron chi connectivity index (χ1n) is 9.67. The molecule has 0 bridgehead atoms. The lowest BCUT2D eigenvalue weighted by Crippen LogP contribution is -2.43. The number of nitrogens with one attached hydrogen (secondary N) is 2. The standard InChI is InChI=1S/C21H17F3N4O4/c1-31-14-4-10-11(5-15(14)32-2)20(30)28-13(19(29)27-8-21(22,23)24)3-9-6-25-18-16(9)17(28)12(10)7-26-18/h4-7,13H,3,8H2,1-2H3,(H,25,26)(H,27,29)/t13-/m1/s1. The molecule has 11 heteroatoms. The van der Waals surface area contributed by atoms with Crippen LogP contribution in [0.3, 0.4) is 0 Å². The highest BCUT2D eigenvalue weighted by atomic mass is 19.4. The first-order chi connectivity index (χ1) is 15.2. The Hall–Kier alpha value is -3.76. The van der Waals surface area contributed by atoms with E-state index in [9.17, 15) is 22.8 Å². The quantitative estimate of drug-likeness (QED) is 0.470. The second-order valence-corrected chi connectivity index (χ2v) is 7.54. The monoisotopic (exact) mass is 446 g/mol. The van der Waals surface area contributed by atoms with Crippen molar-refractivity contribution in [3.05, 3.63) is 40.4 Å². The van der Waals surface area contributed by atoms with Gasteiger partial charge in [-0.2, -0.15) is 13.2 Å². The van der Waals surface area contributed by atoms with Gasteiger partial charge in [0, 0.05) is 35.0 Å². The summed E-state index contributed by atoms with van der Waals surface area (Å²) in [6.45, 7) is -1.48. The molecule has 0 aliphatic carbocycles. The van der Waals surface area contributed by atoms with E-state index in [1.54, 1.807) is 18.5 Å². The highest BCUT2D eigenvalue weighted by molar-refractivity contribution is 6.16. The van der Waals surface area contributed by atoms with Gasteiger partial charge in [-0.1, -0.05) is 0 Å². The van der Waals surface area contributed by atoms with Crippen molar-refractivity contribution in [3.63, 3.8) is 0 Å². The predicted molar refractivity (Wildman–Crippen MR) is 110 cm³/mol. The lowest BCUT2D eigenvalue weighted by atomic mass is 9.95. The number of nitrogens with zero attached hydrogens (tertiary/aromatic N) is 2. The van der Waals surface area contributed by atoms with Crippen molar-refractivity contribution in [3.8, 4) is 11.5 Å². The molecular weight excluding hydrogens is 429 g/mol. The summed E-state index contributed by atoms with van der Waals surface area (Å²) >= 11 is 0. The van der Waals surface area contributed by atoms with Crippen molar-refractivity contribution < 1.29 is 27.4 Å². The van der Waals surface area contributed by atoms with Gasteiger partial charge in [-0.25, -0.2) is 4.98 Å². The van der Waals surface area contributed by atoms with Gasteiger partial charge in [0.2, 0.25) is 5.91 Å². The van der Waals surface area contributed by atoms with Crippen LogP contribution in [0.15, 0.2) is 29.3 Å². The van der Waals surface area contributed by atoms with E-state index in [2.05, 4.69) is 9.97 Å². The third-order valence-electron chi connectivity index (χ3n) is 5.75. The largest absolute Gasteiger partial charge is 0.493 e. The van der Waals surface area contributed by atoms with Crippen molar-refractivity contribution in [2.75, 3.05) is 20.8 Å². The van der Waals surface area contributed by atoms with E-state index < -0.39 is 30.2 Å². The normalized spacial score (nSPS) is 15.6. The fourth-order valence-corrected chi connectivity index (χ4v) is 4.37. The number of rotatable bonds is 4. The van der Waals surface area contributed by atoms with Crippen LogP contribution in [-0.4, -0.2) is 47.4 Å². The Kier molecular flexibility index (Phi) is 4.33. The van der Waals surface area contributed by atoms with E-state index in [4.69, 9.17) is 9.47 Å². The number of methoxy groups -OCH3 is 2. The summed E-state index contributed by atoms with van der Waals surface area (Å²) in [5.74, 6) is -0.166. The number of amides is 1. The molecule has 5 rings (SSSR count). The molecular formula is C21H17F3N4O4. The Labute approximate surface area is 177 Å². The maximum Gasteiger partial charge on any atom is 0.405 e. The van der Waals surface area contributed by atoms with E-state index in [0.29, 0.717) is 44.4 Å². The van der Waals surface area contributed by atoms with Gasteiger partial charge in [0.15, 0.2) is 11.5 Å². The number of aromatic nitrogens is 3. The van der Waals surface area contributed by atoms with E-state index in [-0.39, 0.29) is 11.8 Å². The number of carbonyl (C=O) groups excluding carboxylic acids is 1. The van der Waals surface area contributed by atoms with Gasteiger partial charge in [0.1, 0.15) is 18.2 Å². The van der Waals surface area contributed by atoms with Crippen molar-refractivity contribution in [2.45, 2.75) is 18.6 Å². The van der Waals surface area contributed by atoms with Crippen LogP contribution < -0.4 is 20.3 Å². The van der Waals surface area contributed by atoms with Crippen LogP contribution in [0.4, 0.5) is 13.2 Å². The Morgan fingerprint density at radius 3 is 2.56 bits per heavy atom. The molecule has 32 heavy (non-hydrogen) atoms. The maximum absolute atomic E-state index is 13.6. The Morgan fingerprint density at radius 2 is 1.91 bits per heavy atom. The molecule has 1 aliphatic heterocycles. The first kappa shape index (κ1) is 20.2. The van der Waals surface area contributed by atoms with Gasteiger partial charge in [0.05, 0.1) is 25.1 Å². The molecule has 4 heterocycles. The van der Waals surface area contributed by atoms with E-state index in [1.165, 1.54) is 24.9 Å². The highest BCUT2D eigenvalue weighted by Gasteiger charge is 2.35. The molecule has 1 atom stereocenters. The molecule has 1 amide bonds. The van der Waals surface area contributed by atoms with Gasteiger partial charge < -0.3 is 19.8 Å². The van der Waals surface area contributed by atoms with Gasteiger partial charge in [-0.3, -0.25) is 14.2 Å². The van der Waals surface area contributed by atoms with Crippen LogP contribution in [0.2, 0.25) is 0 Å². The second-order valence-electron chi connectivity index (χ2n) is 7.54. The van der Waals surface area contributed by atoms with Crippen LogP contribution >= 0.6 is 0 Å². The third-order valence-corrected chi connectivity index (χ3v) is 5.75. The Balaban J connectivity index is 1.84. The molecule has 0 saturated carbocycles. The number of benzene rings is 1. The summed E-state index contributed by atoms with van der Waals surface area (Å²) in [7, 11) is 2.90. The number of H-pyrrole nitrogens is 1. The summed E-state index contributed by atoms with van der Waals surface area (Å²) in [5.41, 5.74) is 1.15. The number of alkyl halides is 3. The first-order valence-corrected chi connectivity index (χ1v) is 9.67.